The standard InChI is InChI=1S/C27H31N3O3S/c1-29(23-15-16-34(32,33)19-23)18-25(31)30-27(21-11-6-3-7-12-21)24-14-8-13-22(26(24)28-30)17-20-9-4-2-5-10-20/h2-7,9-12,17,23-24,27H,8,13-16,18-19H2,1H3/b22-17-/t23-,24+,27+/m1/s1. The zero-order valence-electron chi connectivity index (χ0n) is 19.5. The molecule has 0 unspecified atom stereocenters. The van der Waals surface area contributed by atoms with Gasteiger partial charge in [0.2, 0.25) is 0 Å². The molecule has 1 amide bonds. The van der Waals surface area contributed by atoms with E-state index in [4.69, 9.17) is 5.10 Å². The van der Waals surface area contributed by atoms with Crippen LogP contribution < -0.4 is 0 Å². The smallest absolute Gasteiger partial charge is 0.257 e. The molecule has 7 heteroatoms. The summed E-state index contributed by atoms with van der Waals surface area (Å²) in [6, 6.07) is 20.2. The van der Waals surface area contributed by atoms with Gasteiger partial charge in [0.1, 0.15) is 0 Å². The van der Waals surface area contributed by atoms with E-state index in [0.29, 0.717) is 6.42 Å². The van der Waals surface area contributed by atoms with Crippen LogP contribution in [0.4, 0.5) is 0 Å². The van der Waals surface area contributed by atoms with E-state index in [-0.39, 0.29) is 42.0 Å². The maximum absolute atomic E-state index is 13.6. The van der Waals surface area contributed by atoms with E-state index in [1.807, 2.05) is 48.3 Å². The molecule has 0 spiro atoms. The number of carbonyl (C=O) groups excluding carboxylic acids is 1. The van der Waals surface area contributed by atoms with Crippen LogP contribution in [0.15, 0.2) is 71.3 Å². The number of allylic oxidation sites excluding steroid dienone is 1. The van der Waals surface area contributed by atoms with Gasteiger partial charge in [-0.25, -0.2) is 13.4 Å². The van der Waals surface area contributed by atoms with E-state index in [1.54, 1.807) is 5.01 Å². The van der Waals surface area contributed by atoms with Crippen LogP contribution in [-0.2, 0) is 14.6 Å². The Morgan fingerprint density at radius 3 is 2.47 bits per heavy atom. The summed E-state index contributed by atoms with van der Waals surface area (Å²) in [5.74, 6) is 0.402. The molecule has 2 aliphatic heterocycles. The van der Waals surface area contributed by atoms with Crippen LogP contribution in [0.25, 0.3) is 6.08 Å². The van der Waals surface area contributed by atoms with Crippen molar-refractivity contribution in [1.82, 2.24) is 9.91 Å². The minimum Gasteiger partial charge on any atom is -0.293 e. The summed E-state index contributed by atoms with van der Waals surface area (Å²) >= 11 is 0. The number of sulfone groups is 1. The second-order valence-corrected chi connectivity index (χ2v) is 11.9. The zero-order valence-corrected chi connectivity index (χ0v) is 20.3. The molecule has 178 valence electrons. The fraction of sp³-hybridized carbons (Fsp3) is 0.407. The van der Waals surface area contributed by atoms with Crippen LogP contribution in [0.3, 0.4) is 0 Å². The molecular weight excluding hydrogens is 446 g/mol. The first kappa shape index (κ1) is 23.0. The Morgan fingerprint density at radius 1 is 1.09 bits per heavy atom. The van der Waals surface area contributed by atoms with Gasteiger partial charge in [0.25, 0.3) is 5.91 Å². The van der Waals surface area contributed by atoms with E-state index < -0.39 is 9.84 Å². The van der Waals surface area contributed by atoms with E-state index in [2.05, 4.69) is 30.3 Å². The van der Waals surface area contributed by atoms with E-state index in [0.717, 1.165) is 36.1 Å². The summed E-state index contributed by atoms with van der Waals surface area (Å²) in [5.41, 5.74) is 4.45. The lowest BCUT2D eigenvalue weighted by molar-refractivity contribution is -0.135. The van der Waals surface area contributed by atoms with Crippen LogP contribution in [0, 0.1) is 5.92 Å². The number of likely N-dealkylation sites (N-methyl/N-ethyl adjacent to an activating group) is 1. The molecule has 34 heavy (non-hydrogen) atoms. The first-order valence-corrected chi connectivity index (χ1v) is 13.9. The molecule has 0 radical (unpaired) electrons. The Morgan fingerprint density at radius 2 is 1.79 bits per heavy atom. The highest BCUT2D eigenvalue weighted by Gasteiger charge is 2.44. The number of hydrogen-bond acceptors (Lipinski definition) is 5. The number of fused-ring (bicyclic) bond motifs is 1. The lowest BCUT2D eigenvalue weighted by Gasteiger charge is -2.31. The third kappa shape index (κ3) is 4.72. The average molecular weight is 478 g/mol. The molecule has 1 saturated heterocycles. The second-order valence-electron chi connectivity index (χ2n) is 9.63. The van der Waals surface area contributed by atoms with Crippen molar-refractivity contribution in [2.75, 3.05) is 25.1 Å². The molecule has 5 rings (SSSR count). The molecule has 2 aromatic rings. The molecule has 2 heterocycles. The Labute approximate surface area is 201 Å². The molecule has 1 aliphatic carbocycles. The van der Waals surface area contributed by atoms with Crippen molar-refractivity contribution < 1.29 is 13.2 Å². The minimum atomic E-state index is -3.00. The predicted molar refractivity (Wildman–Crippen MR) is 135 cm³/mol. The predicted octanol–water partition coefficient (Wildman–Crippen LogP) is 3.93. The summed E-state index contributed by atoms with van der Waals surface area (Å²) in [4.78, 5) is 15.5. The van der Waals surface area contributed by atoms with Crippen molar-refractivity contribution in [2.24, 2.45) is 11.0 Å². The lowest BCUT2D eigenvalue weighted by Crippen LogP contribution is -2.42. The molecule has 2 fully saturated rings. The summed E-state index contributed by atoms with van der Waals surface area (Å²) < 4.78 is 23.9. The summed E-state index contributed by atoms with van der Waals surface area (Å²) in [7, 11) is -1.16. The molecule has 0 N–H and O–H groups in total. The quantitative estimate of drug-likeness (QED) is 0.654. The molecule has 0 aromatic heterocycles. The number of hydrogen-bond donors (Lipinski definition) is 0. The summed E-state index contributed by atoms with van der Waals surface area (Å²) in [6.07, 6.45) is 5.79. The molecular formula is C27H31N3O3S. The van der Waals surface area contributed by atoms with Gasteiger partial charge in [-0.05, 0) is 55.5 Å². The first-order chi connectivity index (χ1) is 16.4. The summed E-state index contributed by atoms with van der Waals surface area (Å²) in [5, 5.41) is 6.62. The SMILES string of the molecule is CN(CC(=O)N1N=C2/C(=C\c3ccccc3)CCC[C@@H]2[C@@H]1c1ccccc1)[C@@H]1CCS(=O)(=O)C1. The second kappa shape index (κ2) is 9.47. The van der Waals surface area contributed by atoms with Crippen LogP contribution >= 0.6 is 0 Å². The van der Waals surface area contributed by atoms with Crippen molar-refractivity contribution in [3.8, 4) is 0 Å². The van der Waals surface area contributed by atoms with Gasteiger partial charge in [0.05, 0.1) is 29.8 Å². The average Bonchev–Trinajstić information content (AvgIpc) is 3.41. The zero-order chi connectivity index (χ0) is 23.7. The maximum atomic E-state index is 13.6. The van der Waals surface area contributed by atoms with E-state index in [9.17, 15) is 13.2 Å². The highest BCUT2D eigenvalue weighted by molar-refractivity contribution is 7.91. The van der Waals surface area contributed by atoms with Crippen LogP contribution in [-0.4, -0.2) is 61.1 Å². The van der Waals surface area contributed by atoms with Gasteiger partial charge >= 0.3 is 0 Å². The van der Waals surface area contributed by atoms with Crippen molar-refractivity contribution in [3.05, 3.63) is 77.4 Å². The maximum Gasteiger partial charge on any atom is 0.257 e. The first-order valence-electron chi connectivity index (χ1n) is 12.0. The van der Waals surface area contributed by atoms with Gasteiger partial charge in [0, 0.05) is 12.0 Å². The Balaban J connectivity index is 1.45. The van der Waals surface area contributed by atoms with E-state index in [1.165, 1.54) is 5.57 Å². The van der Waals surface area contributed by atoms with Crippen molar-refractivity contribution in [3.63, 3.8) is 0 Å². The molecule has 3 atom stereocenters. The highest BCUT2D eigenvalue weighted by atomic mass is 32.2. The van der Waals surface area contributed by atoms with Crippen molar-refractivity contribution >= 4 is 27.5 Å². The number of amides is 1. The van der Waals surface area contributed by atoms with Crippen LogP contribution in [0.1, 0.15) is 42.9 Å². The number of hydrazone groups is 1. The fourth-order valence-corrected chi connectivity index (χ4v) is 7.28. The largest absolute Gasteiger partial charge is 0.293 e. The van der Waals surface area contributed by atoms with E-state index >= 15 is 0 Å². The molecule has 2 aromatic carbocycles. The third-order valence-electron chi connectivity index (χ3n) is 7.26. The van der Waals surface area contributed by atoms with Crippen molar-refractivity contribution in [2.45, 2.75) is 37.8 Å². The Bertz CT molecular complexity index is 1210. The van der Waals surface area contributed by atoms with Crippen molar-refractivity contribution in [1.29, 1.82) is 0 Å². The normalized spacial score (nSPS) is 27.1. The van der Waals surface area contributed by atoms with Gasteiger partial charge in [-0.2, -0.15) is 5.10 Å². The Hall–Kier alpha value is -2.77. The van der Waals surface area contributed by atoms with Gasteiger partial charge in [-0.15, -0.1) is 0 Å². The summed E-state index contributed by atoms with van der Waals surface area (Å²) in [6.45, 7) is 0.157. The van der Waals surface area contributed by atoms with Gasteiger partial charge in [-0.3, -0.25) is 9.69 Å². The third-order valence-corrected chi connectivity index (χ3v) is 9.01. The monoisotopic (exact) mass is 477 g/mol. The van der Waals surface area contributed by atoms with Crippen LogP contribution in [0.5, 0.6) is 0 Å². The fourth-order valence-electron chi connectivity index (χ4n) is 5.48. The molecule has 3 aliphatic rings. The number of rotatable bonds is 5. The number of carbonyl (C=O) groups is 1. The number of benzene rings is 2. The van der Waals surface area contributed by atoms with Gasteiger partial charge in [-0.1, -0.05) is 60.7 Å². The molecule has 6 nitrogen and oxygen atoms in total. The lowest BCUT2D eigenvalue weighted by atomic mass is 9.77. The van der Waals surface area contributed by atoms with Gasteiger partial charge in [0.15, 0.2) is 9.84 Å². The topological polar surface area (TPSA) is 70.1 Å². The van der Waals surface area contributed by atoms with Crippen LogP contribution in [0.2, 0.25) is 0 Å². The minimum absolute atomic E-state index is 0.0818. The number of nitrogens with zero attached hydrogens (tertiary/aromatic N) is 3. The molecule has 1 saturated carbocycles. The Kier molecular flexibility index (Phi) is 6.40. The molecule has 0 bridgehead atoms. The highest BCUT2D eigenvalue weighted by Crippen LogP contribution is 2.44. The van der Waals surface area contributed by atoms with Gasteiger partial charge < -0.3 is 0 Å².